The fourth-order valence-corrected chi connectivity index (χ4v) is 2.50. The third kappa shape index (κ3) is 5.04. The lowest BCUT2D eigenvalue weighted by Gasteiger charge is -2.15. The van der Waals surface area contributed by atoms with Crippen LogP contribution in [0.5, 0.6) is 0 Å². The summed E-state index contributed by atoms with van der Waals surface area (Å²) in [5.41, 5.74) is 1.71. The molecule has 3 rings (SSSR count). The second-order valence-corrected chi connectivity index (χ2v) is 6.50. The van der Waals surface area contributed by atoms with E-state index in [0.717, 1.165) is 18.5 Å². The molecule has 2 aromatic rings. The summed E-state index contributed by atoms with van der Waals surface area (Å²) in [7, 11) is 0. The Morgan fingerprint density at radius 1 is 1.04 bits per heavy atom. The second-order valence-electron chi connectivity index (χ2n) is 6.50. The van der Waals surface area contributed by atoms with E-state index in [0.29, 0.717) is 11.4 Å². The van der Waals surface area contributed by atoms with Crippen LogP contribution in [0.15, 0.2) is 48.5 Å². The van der Waals surface area contributed by atoms with Gasteiger partial charge < -0.3 is 16.0 Å². The molecular weight excluding hydrogens is 348 g/mol. The maximum absolute atomic E-state index is 12.3. The van der Waals surface area contributed by atoms with Gasteiger partial charge in [0, 0.05) is 35.1 Å². The number of rotatable bonds is 7. The van der Waals surface area contributed by atoms with Gasteiger partial charge in [0.15, 0.2) is 0 Å². The van der Waals surface area contributed by atoms with E-state index >= 15 is 0 Å². The normalized spacial score (nSPS) is 14.1. The number of carbonyl (C=O) groups excluding carboxylic acids is 2. The Balaban J connectivity index is 1.55. The Bertz CT molecular complexity index is 862. The highest BCUT2D eigenvalue weighted by molar-refractivity contribution is 5.97. The fourth-order valence-electron chi connectivity index (χ4n) is 2.50. The van der Waals surface area contributed by atoms with Crippen molar-refractivity contribution in [3.63, 3.8) is 0 Å². The smallest absolute Gasteiger partial charge is 0.271 e. The van der Waals surface area contributed by atoms with Gasteiger partial charge in [-0.1, -0.05) is 6.07 Å². The van der Waals surface area contributed by atoms with Gasteiger partial charge in [-0.3, -0.25) is 19.7 Å². The molecule has 1 aliphatic rings. The third-order valence-electron chi connectivity index (χ3n) is 4.20. The molecule has 0 unspecified atom stereocenters. The number of amides is 2. The molecule has 2 amide bonds. The molecule has 0 aliphatic heterocycles. The van der Waals surface area contributed by atoms with Crippen molar-refractivity contribution in [1.29, 1.82) is 0 Å². The number of non-ortho nitro benzene ring substituents is 1. The van der Waals surface area contributed by atoms with Gasteiger partial charge in [0.2, 0.25) is 11.8 Å². The number of hydrogen-bond acceptors (Lipinski definition) is 5. The zero-order valence-electron chi connectivity index (χ0n) is 14.8. The lowest BCUT2D eigenvalue weighted by atomic mass is 10.2. The van der Waals surface area contributed by atoms with Crippen molar-refractivity contribution in [3.05, 3.63) is 58.6 Å². The van der Waals surface area contributed by atoms with E-state index in [2.05, 4.69) is 16.0 Å². The number of anilines is 3. The van der Waals surface area contributed by atoms with Crippen molar-refractivity contribution in [2.24, 2.45) is 5.92 Å². The summed E-state index contributed by atoms with van der Waals surface area (Å²) >= 11 is 0. The van der Waals surface area contributed by atoms with Crippen molar-refractivity contribution in [2.75, 3.05) is 16.0 Å². The Morgan fingerprint density at radius 2 is 1.70 bits per heavy atom. The average Bonchev–Trinajstić information content (AvgIpc) is 3.48. The number of nitrogens with zero attached hydrogens (tertiary/aromatic N) is 1. The topological polar surface area (TPSA) is 113 Å². The van der Waals surface area contributed by atoms with Crippen LogP contribution in [0.25, 0.3) is 0 Å². The van der Waals surface area contributed by atoms with Crippen molar-refractivity contribution in [1.82, 2.24) is 0 Å². The Morgan fingerprint density at radius 3 is 2.33 bits per heavy atom. The number of nitrogens with one attached hydrogen (secondary N) is 3. The molecular formula is C19H20N4O4. The van der Waals surface area contributed by atoms with Crippen molar-refractivity contribution < 1.29 is 14.5 Å². The summed E-state index contributed by atoms with van der Waals surface area (Å²) in [6.07, 6.45) is 1.89. The molecule has 0 saturated heterocycles. The van der Waals surface area contributed by atoms with Crippen LogP contribution in [0.2, 0.25) is 0 Å². The summed E-state index contributed by atoms with van der Waals surface area (Å²) in [5, 5.41) is 19.4. The largest absolute Gasteiger partial charge is 0.374 e. The average molecular weight is 368 g/mol. The number of nitro benzene ring substituents is 1. The standard InChI is InChI=1S/C19H20N4O4/c1-12(18(24)22-16-3-2-4-17(11-16)23(26)27)20-14-7-9-15(10-8-14)21-19(25)13-5-6-13/h2-4,7-13,20H,5-6H2,1H3,(H,21,25)(H,22,24)/t12-/m1/s1. The molecule has 0 heterocycles. The van der Waals surface area contributed by atoms with E-state index in [1.165, 1.54) is 18.2 Å². The van der Waals surface area contributed by atoms with Crippen LogP contribution >= 0.6 is 0 Å². The summed E-state index contributed by atoms with van der Waals surface area (Å²) in [5.74, 6) is -0.137. The second kappa shape index (κ2) is 7.86. The number of benzene rings is 2. The first-order chi connectivity index (χ1) is 12.9. The molecule has 8 heteroatoms. The van der Waals surface area contributed by atoms with E-state index in [-0.39, 0.29) is 23.4 Å². The van der Waals surface area contributed by atoms with E-state index in [1.807, 2.05) is 0 Å². The summed E-state index contributed by atoms with van der Waals surface area (Å²) in [4.78, 5) is 34.3. The number of carbonyl (C=O) groups is 2. The monoisotopic (exact) mass is 368 g/mol. The predicted octanol–water partition coefficient (Wildman–Crippen LogP) is 3.38. The minimum atomic E-state index is -0.559. The van der Waals surface area contributed by atoms with Crippen LogP contribution in [0.4, 0.5) is 22.7 Å². The van der Waals surface area contributed by atoms with Gasteiger partial charge >= 0.3 is 0 Å². The molecule has 3 N–H and O–H groups in total. The van der Waals surface area contributed by atoms with Crippen LogP contribution in [0.1, 0.15) is 19.8 Å². The molecule has 8 nitrogen and oxygen atoms in total. The van der Waals surface area contributed by atoms with Gasteiger partial charge in [-0.15, -0.1) is 0 Å². The van der Waals surface area contributed by atoms with E-state index < -0.39 is 11.0 Å². The first-order valence-corrected chi connectivity index (χ1v) is 8.65. The molecule has 2 aromatic carbocycles. The van der Waals surface area contributed by atoms with Crippen LogP contribution in [0, 0.1) is 16.0 Å². The van der Waals surface area contributed by atoms with E-state index in [1.54, 1.807) is 37.3 Å². The molecule has 140 valence electrons. The number of hydrogen-bond donors (Lipinski definition) is 3. The van der Waals surface area contributed by atoms with Gasteiger partial charge in [0.25, 0.3) is 5.69 Å². The quantitative estimate of drug-likeness (QED) is 0.512. The fraction of sp³-hybridized carbons (Fsp3) is 0.263. The van der Waals surface area contributed by atoms with Crippen molar-refractivity contribution in [2.45, 2.75) is 25.8 Å². The molecule has 1 aliphatic carbocycles. The van der Waals surface area contributed by atoms with E-state index in [4.69, 9.17) is 0 Å². The molecule has 0 bridgehead atoms. The van der Waals surface area contributed by atoms with Gasteiger partial charge in [-0.2, -0.15) is 0 Å². The van der Waals surface area contributed by atoms with Gasteiger partial charge in [-0.25, -0.2) is 0 Å². The predicted molar refractivity (Wildman–Crippen MR) is 103 cm³/mol. The SMILES string of the molecule is C[C@@H](Nc1ccc(NC(=O)C2CC2)cc1)C(=O)Nc1cccc([N+](=O)[O-])c1. The van der Waals surface area contributed by atoms with Crippen molar-refractivity contribution in [3.8, 4) is 0 Å². The van der Waals surface area contributed by atoms with Crippen LogP contribution < -0.4 is 16.0 Å². The Hall–Kier alpha value is -3.42. The summed E-state index contributed by atoms with van der Waals surface area (Å²) < 4.78 is 0. The molecule has 27 heavy (non-hydrogen) atoms. The first-order valence-electron chi connectivity index (χ1n) is 8.65. The zero-order valence-corrected chi connectivity index (χ0v) is 14.8. The first kappa shape index (κ1) is 18.4. The summed E-state index contributed by atoms with van der Waals surface area (Å²) in [6, 6.07) is 12.3. The maximum Gasteiger partial charge on any atom is 0.271 e. The highest BCUT2D eigenvalue weighted by Crippen LogP contribution is 2.30. The molecule has 1 atom stereocenters. The van der Waals surface area contributed by atoms with E-state index in [9.17, 15) is 19.7 Å². The maximum atomic E-state index is 12.3. The van der Waals surface area contributed by atoms with Crippen molar-refractivity contribution >= 4 is 34.6 Å². The minimum absolute atomic E-state index is 0.0420. The lowest BCUT2D eigenvalue weighted by Crippen LogP contribution is -2.31. The molecule has 0 aromatic heterocycles. The highest BCUT2D eigenvalue weighted by Gasteiger charge is 2.29. The Labute approximate surface area is 156 Å². The summed E-state index contributed by atoms with van der Waals surface area (Å²) in [6.45, 7) is 1.69. The van der Waals surface area contributed by atoms with Gasteiger partial charge in [0.1, 0.15) is 6.04 Å². The van der Waals surface area contributed by atoms with Gasteiger partial charge in [-0.05, 0) is 50.1 Å². The molecule has 0 radical (unpaired) electrons. The number of nitro groups is 1. The molecule has 1 saturated carbocycles. The van der Waals surface area contributed by atoms with Crippen LogP contribution in [0.3, 0.4) is 0 Å². The molecule has 0 spiro atoms. The zero-order chi connectivity index (χ0) is 19.4. The third-order valence-corrected chi connectivity index (χ3v) is 4.20. The molecule has 1 fully saturated rings. The highest BCUT2D eigenvalue weighted by atomic mass is 16.6. The Kier molecular flexibility index (Phi) is 5.35. The van der Waals surface area contributed by atoms with Crippen LogP contribution in [-0.4, -0.2) is 22.8 Å². The lowest BCUT2D eigenvalue weighted by molar-refractivity contribution is -0.384. The van der Waals surface area contributed by atoms with Crippen LogP contribution in [-0.2, 0) is 9.59 Å². The van der Waals surface area contributed by atoms with Gasteiger partial charge in [0.05, 0.1) is 4.92 Å². The minimum Gasteiger partial charge on any atom is -0.374 e.